The number of aryl methyl sites for hydroxylation is 1. The van der Waals surface area contributed by atoms with Crippen LogP contribution >= 0.6 is 0 Å². The van der Waals surface area contributed by atoms with E-state index in [2.05, 4.69) is 43.3 Å². The van der Waals surface area contributed by atoms with E-state index in [1.54, 1.807) is 0 Å². The van der Waals surface area contributed by atoms with E-state index < -0.39 is 0 Å². The van der Waals surface area contributed by atoms with Gasteiger partial charge in [-0.2, -0.15) is 0 Å². The summed E-state index contributed by atoms with van der Waals surface area (Å²) < 4.78 is 0. The molecule has 0 amide bonds. The Labute approximate surface area is 92.2 Å². The highest BCUT2D eigenvalue weighted by Crippen LogP contribution is 2.26. The molecule has 0 bridgehead atoms. The number of hydrogen-bond acceptors (Lipinski definition) is 1. The summed E-state index contributed by atoms with van der Waals surface area (Å²) in [5.41, 5.74) is 3.15. The van der Waals surface area contributed by atoms with Crippen molar-refractivity contribution in [1.82, 2.24) is 0 Å². The van der Waals surface area contributed by atoms with Gasteiger partial charge in [0, 0.05) is 24.5 Å². The molecule has 1 saturated carbocycles. The predicted molar refractivity (Wildman–Crippen MR) is 61.2 cm³/mol. The van der Waals surface area contributed by atoms with Crippen LogP contribution in [0.2, 0.25) is 0 Å². The predicted octanol–water partition coefficient (Wildman–Crippen LogP) is 3.12. The van der Waals surface area contributed by atoms with Gasteiger partial charge < -0.3 is 0 Å². The van der Waals surface area contributed by atoms with Crippen molar-refractivity contribution in [3.8, 4) is 0 Å². The normalized spacial score (nSPS) is 18.4. The molecular formula is C14H11N. The average Bonchev–Trinajstić information content (AvgIpc) is 2.74. The molecule has 1 fully saturated rings. The zero-order chi connectivity index (χ0) is 10.7. The van der Waals surface area contributed by atoms with Crippen molar-refractivity contribution in [3.63, 3.8) is 0 Å². The van der Waals surface area contributed by atoms with E-state index >= 15 is 0 Å². The minimum absolute atomic E-state index is 0.941. The van der Waals surface area contributed by atoms with E-state index in [1.807, 2.05) is 25.5 Å². The Kier molecular flexibility index (Phi) is 3.20. The fourth-order valence-corrected chi connectivity index (χ4v) is 1.32. The van der Waals surface area contributed by atoms with E-state index in [4.69, 9.17) is 0 Å². The lowest BCUT2D eigenvalue weighted by atomic mass is 10.0. The van der Waals surface area contributed by atoms with Crippen LogP contribution in [0.15, 0.2) is 29.3 Å². The van der Waals surface area contributed by atoms with E-state index in [1.165, 1.54) is 5.56 Å². The van der Waals surface area contributed by atoms with Gasteiger partial charge in [0.05, 0.1) is 5.69 Å². The lowest BCUT2D eigenvalue weighted by Gasteiger charge is -2.06. The first-order valence-corrected chi connectivity index (χ1v) is 4.85. The van der Waals surface area contributed by atoms with Crippen LogP contribution in [0.5, 0.6) is 0 Å². The van der Waals surface area contributed by atoms with Crippen LogP contribution in [-0.2, 0) is 0 Å². The zero-order valence-electron chi connectivity index (χ0n) is 8.83. The van der Waals surface area contributed by atoms with Crippen molar-refractivity contribution in [1.29, 1.82) is 0 Å². The van der Waals surface area contributed by atoms with Crippen LogP contribution in [0, 0.1) is 38.5 Å². The van der Waals surface area contributed by atoms with Crippen LogP contribution in [0.3, 0.4) is 0 Å². The Morgan fingerprint density at radius 1 is 1.20 bits per heavy atom. The quantitative estimate of drug-likeness (QED) is 0.640. The van der Waals surface area contributed by atoms with E-state index in [0.717, 1.165) is 17.3 Å². The second-order valence-corrected chi connectivity index (χ2v) is 3.49. The molecule has 0 unspecified atom stereocenters. The van der Waals surface area contributed by atoms with Gasteiger partial charge >= 0.3 is 0 Å². The van der Waals surface area contributed by atoms with Gasteiger partial charge in [-0.15, -0.1) is 0 Å². The lowest BCUT2D eigenvalue weighted by Crippen LogP contribution is -2.04. The monoisotopic (exact) mass is 193 g/mol. The standard InChI is InChI=1S/C14H11N/c1-11-7-9-14(10-8-11)15-12(2)13-5-3-4-6-13/h5,7-10H,1-2H3. The van der Waals surface area contributed by atoms with Crippen molar-refractivity contribution in [3.05, 3.63) is 61.4 Å². The molecule has 72 valence electrons. The molecule has 0 aromatic heterocycles. The Bertz CT molecular complexity index is 342. The summed E-state index contributed by atoms with van der Waals surface area (Å²) in [6.07, 6.45) is 10.4. The zero-order valence-corrected chi connectivity index (χ0v) is 8.83. The molecule has 1 aliphatic carbocycles. The van der Waals surface area contributed by atoms with Gasteiger partial charge in [-0.3, -0.25) is 4.99 Å². The summed E-state index contributed by atoms with van der Waals surface area (Å²) in [6, 6.07) is 8.13. The minimum Gasteiger partial charge on any atom is -0.257 e. The maximum Gasteiger partial charge on any atom is 0.0629 e. The molecule has 1 heteroatoms. The summed E-state index contributed by atoms with van der Waals surface area (Å²) in [6.45, 7) is 4.03. The molecule has 8 radical (unpaired) electrons. The Morgan fingerprint density at radius 3 is 2.53 bits per heavy atom. The smallest absolute Gasteiger partial charge is 0.0629 e. The van der Waals surface area contributed by atoms with E-state index in [-0.39, 0.29) is 0 Å². The average molecular weight is 193 g/mol. The first kappa shape index (κ1) is 10.4. The van der Waals surface area contributed by atoms with Crippen molar-refractivity contribution >= 4 is 11.4 Å². The lowest BCUT2D eigenvalue weighted by molar-refractivity contribution is 1.36. The molecule has 1 aliphatic rings. The Morgan fingerprint density at radius 2 is 1.93 bits per heavy atom. The first-order valence-electron chi connectivity index (χ1n) is 4.85. The molecule has 0 atom stereocenters. The highest BCUT2D eigenvalue weighted by atomic mass is 14.7. The van der Waals surface area contributed by atoms with Crippen LogP contribution in [0.25, 0.3) is 0 Å². The second-order valence-electron chi connectivity index (χ2n) is 3.49. The van der Waals surface area contributed by atoms with Crippen molar-refractivity contribution < 1.29 is 0 Å². The summed E-state index contributed by atoms with van der Waals surface area (Å²) in [4.78, 5) is 4.49. The Balaban J connectivity index is 2.11. The summed E-state index contributed by atoms with van der Waals surface area (Å²) in [5.74, 6) is 0.954. The fourth-order valence-electron chi connectivity index (χ4n) is 1.32. The number of hydrogen-bond donors (Lipinski definition) is 0. The molecular weight excluding hydrogens is 182 g/mol. The molecule has 2 rings (SSSR count). The van der Waals surface area contributed by atoms with Gasteiger partial charge in [-0.25, -0.2) is 0 Å². The van der Waals surface area contributed by atoms with Crippen LogP contribution in [0.1, 0.15) is 12.5 Å². The third kappa shape index (κ3) is 2.68. The van der Waals surface area contributed by atoms with Crippen molar-refractivity contribution in [2.75, 3.05) is 0 Å². The molecule has 1 aromatic rings. The minimum atomic E-state index is 0.941. The molecule has 0 N–H and O–H groups in total. The highest BCUT2D eigenvalue weighted by Gasteiger charge is 2.20. The summed E-state index contributed by atoms with van der Waals surface area (Å²) >= 11 is 0. The highest BCUT2D eigenvalue weighted by molar-refractivity contribution is 6.01. The van der Waals surface area contributed by atoms with E-state index in [9.17, 15) is 0 Å². The van der Waals surface area contributed by atoms with Crippen LogP contribution in [-0.4, -0.2) is 5.71 Å². The number of aliphatic imine (C=N–C) groups is 1. The maximum absolute atomic E-state index is 4.49. The molecule has 1 nitrogen and oxygen atoms in total. The summed E-state index contributed by atoms with van der Waals surface area (Å²) in [5, 5.41) is 0. The van der Waals surface area contributed by atoms with Crippen LogP contribution in [0.4, 0.5) is 5.69 Å². The molecule has 0 heterocycles. The van der Waals surface area contributed by atoms with Crippen molar-refractivity contribution in [2.45, 2.75) is 13.8 Å². The van der Waals surface area contributed by atoms with Gasteiger partial charge in [-0.05, 0) is 38.8 Å². The maximum atomic E-state index is 4.49. The first-order chi connectivity index (χ1) is 7.25. The van der Waals surface area contributed by atoms with Crippen LogP contribution < -0.4 is 0 Å². The van der Waals surface area contributed by atoms with Gasteiger partial charge in [0.25, 0.3) is 0 Å². The third-order valence-corrected chi connectivity index (χ3v) is 2.21. The number of nitrogens with zero attached hydrogens (tertiary/aromatic N) is 1. The van der Waals surface area contributed by atoms with Gasteiger partial charge in [0.15, 0.2) is 0 Å². The molecule has 0 spiro atoms. The third-order valence-electron chi connectivity index (χ3n) is 2.21. The summed E-state index contributed by atoms with van der Waals surface area (Å²) in [7, 11) is 0. The van der Waals surface area contributed by atoms with Crippen molar-refractivity contribution in [2.24, 2.45) is 4.99 Å². The SMILES string of the molecule is CC(=Nc1ccc(C)cc1)[C]1[C][C][C][CH]1. The molecule has 0 aliphatic heterocycles. The van der Waals surface area contributed by atoms with E-state index in [0.29, 0.717) is 0 Å². The number of benzene rings is 1. The number of rotatable bonds is 2. The molecule has 15 heavy (non-hydrogen) atoms. The molecule has 0 saturated heterocycles. The second kappa shape index (κ2) is 4.61. The topological polar surface area (TPSA) is 12.4 Å². The largest absolute Gasteiger partial charge is 0.257 e. The Hall–Kier alpha value is -1.11. The van der Waals surface area contributed by atoms with Gasteiger partial charge in [0.1, 0.15) is 0 Å². The van der Waals surface area contributed by atoms with Gasteiger partial charge in [0.2, 0.25) is 0 Å². The van der Waals surface area contributed by atoms with Gasteiger partial charge in [-0.1, -0.05) is 17.7 Å². The fraction of sp³-hybridized carbons (Fsp3) is 0.143. The molecule has 1 aromatic carbocycles.